The number of nitrogens with zero attached hydrogens (tertiary/aromatic N) is 2. The van der Waals surface area contributed by atoms with E-state index in [-0.39, 0.29) is 23.8 Å². The van der Waals surface area contributed by atoms with Crippen LogP contribution < -0.4 is 5.32 Å². The monoisotopic (exact) mass is 395 g/mol. The van der Waals surface area contributed by atoms with Crippen LogP contribution in [-0.2, 0) is 19.4 Å². The second-order valence-corrected chi connectivity index (χ2v) is 9.18. The quantitative estimate of drug-likeness (QED) is 0.553. The topological polar surface area (TPSA) is 104 Å². The molecular formula is C18H25N3O5S. The molecule has 1 saturated heterocycles. The van der Waals surface area contributed by atoms with E-state index in [1.54, 1.807) is 24.3 Å². The number of carbonyl (C=O) groups excluding carboxylic acids is 3. The standard InChI is InChI=1S/C18H25N3O5S/c1-13(22)14-4-6-15(7-5-14)19-17(23)18(24)21(10-9-20(2)3)16-8-11-27(25,26)12-16/h4-7,16H,8-12H2,1-3H3,(H,19,23). The Balaban J connectivity index is 2.10. The van der Waals surface area contributed by atoms with E-state index < -0.39 is 27.7 Å². The summed E-state index contributed by atoms with van der Waals surface area (Å²) in [7, 11) is 0.495. The molecule has 27 heavy (non-hydrogen) atoms. The third kappa shape index (κ3) is 5.86. The fraction of sp³-hybridized carbons (Fsp3) is 0.500. The van der Waals surface area contributed by atoms with Gasteiger partial charge in [-0.1, -0.05) is 0 Å². The Labute approximate surface area is 159 Å². The summed E-state index contributed by atoms with van der Waals surface area (Å²) >= 11 is 0. The summed E-state index contributed by atoms with van der Waals surface area (Å²) in [6, 6.07) is 5.73. The molecule has 1 aliphatic rings. The van der Waals surface area contributed by atoms with Crippen molar-refractivity contribution in [3.05, 3.63) is 29.8 Å². The van der Waals surface area contributed by atoms with Crippen molar-refractivity contribution in [2.75, 3.05) is 44.0 Å². The van der Waals surface area contributed by atoms with Crippen LogP contribution in [0.3, 0.4) is 0 Å². The van der Waals surface area contributed by atoms with Gasteiger partial charge in [0.1, 0.15) is 0 Å². The van der Waals surface area contributed by atoms with Crippen molar-refractivity contribution in [3.8, 4) is 0 Å². The van der Waals surface area contributed by atoms with Gasteiger partial charge in [-0.05, 0) is 51.7 Å². The van der Waals surface area contributed by atoms with Gasteiger partial charge in [0.2, 0.25) is 0 Å². The van der Waals surface area contributed by atoms with Gasteiger partial charge in [0.05, 0.1) is 11.5 Å². The van der Waals surface area contributed by atoms with E-state index in [9.17, 15) is 22.8 Å². The number of benzene rings is 1. The van der Waals surface area contributed by atoms with Crippen molar-refractivity contribution in [2.45, 2.75) is 19.4 Å². The third-order valence-electron chi connectivity index (χ3n) is 4.44. The Kier molecular flexibility index (Phi) is 6.72. The number of amides is 2. The van der Waals surface area contributed by atoms with Gasteiger partial charge in [-0.15, -0.1) is 0 Å². The Bertz CT molecular complexity index is 818. The van der Waals surface area contributed by atoms with Gasteiger partial charge in [0.15, 0.2) is 15.6 Å². The Hall–Kier alpha value is -2.26. The summed E-state index contributed by atoms with van der Waals surface area (Å²) in [6.45, 7) is 2.22. The molecule has 0 bridgehead atoms. The highest BCUT2D eigenvalue weighted by atomic mass is 32.2. The molecule has 0 aromatic heterocycles. The van der Waals surface area contributed by atoms with Crippen molar-refractivity contribution < 1.29 is 22.8 Å². The summed E-state index contributed by atoms with van der Waals surface area (Å²) < 4.78 is 23.6. The maximum Gasteiger partial charge on any atom is 0.313 e. The highest BCUT2D eigenvalue weighted by Gasteiger charge is 2.36. The van der Waals surface area contributed by atoms with Crippen LogP contribution in [0.15, 0.2) is 24.3 Å². The van der Waals surface area contributed by atoms with Crippen molar-refractivity contribution in [1.82, 2.24) is 9.80 Å². The highest BCUT2D eigenvalue weighted by molar-refractivity contribution is 7.91. The molecule has 1 atom stereocenters. The van der Waals surface area contributed by atoms with Gasteiger partial charge in [0.25, 0.3) is 0 Å². The second-order valence-electron chi connectivity index (χ2n) is 6.95. The van der Waals surface area contributed by atoms with E-state index in [0.717, 1.165) is 0 Å². The summed E-state index contributed by atoms with van der Waals surface area (Å²) in [5.74, 6) is -1.77. The van der Waals surface area contributed by atoms with Crippen LogP contribution in [0, 0.1) is 0 Å². The molecule has 1 aliphatic heterocycles. The molecule has 2 amide bonds. The van der Waals surface area contributed by atoms with Crippen LogP contribution in [-0.4, -0.2) is 80.5 Å². The van der Waals surface area contributed by atoms with E-state index in [1.807, 2.05) is 19.0 Å². The molecule has 0 saturated carbocycles. The van der Waals surface area contributed by atoms with Crippen molar-refractivity contribution >= 4 is 33.1 Å². The predicted molar refractivity (Wildman–Crippen MR) is 102 cm³/mol. The van der Waals surface area contributed by atoms with Crippen molar-refractivity contribution in [2.24, 2.45) is 0 Å². The molecule has 9 heteroatoms. The van der Waals surface area contributed by atoms with Crippen LogP contribution >= 0.6 is 0 Å². The van der Waals surface area contributed by atoms with Gasteiger partial charge >= 0.3 is 11.8 Å². The normalized spacial score (nSPS) is 18.3. The number of likely N-dealkylation sites (N-methyl/N-ethyl adjacent to an activating group) is 1. The van der Waals surface area contributed by atoms with Crippen LogP contribution in [0.4, 0.5) is 5.69 Å². The molecule has 1 unspecified atom stereocenters. The van der Waals surface area contributed by atoms with Gasteiger partial charge in [-0.3, -0.25) is 14.4 Å². The Morgan fingerprint density at radius 3 is 2.22 bits per heavy atom. The molecule has 2 rings (SSSR count). The fourth-order valence-corrected chi connectivity index (χ4v) is 4.61. The van der Waals surface area contributed by atoms with E-state index in [1.165, 1.54) is 11.8 Å². The molecule has 148 valence electrons. The number of anilines is 1. The van der Waals surface area contributed by atoms with Crippen LogP contribution in [0.2, 0.25) is 0 Å². The summed E-state index contributed by atoms with van der Waals surface area (Å²) in [4.78, 5) is 39.6. The SMILES string of the molecule is CC(=O)c1ccc(NC(=O)C(=O)N(CCN(C)C)C2CCS(=O)(=O)C2)cc1. The molecule has 1 heterocycles. The number of hydrogen-bond donors (Lipinski definition) is 1. The summed E-state index contributed by atoms with van der Waals surface area (Å²) in [5.41, 5.74) is 0.896. The highest BCUT2D eigenvalue weighted by Crippen LogP contribution is 2.18. The van der Waals surface area contributed by atoms with Gasteiger partial charge in [-0.2, -0.15) is 0 Å². The zero-order valence-electron chi connectivity index (χ0n) is 15.8. The average molecular weight is 395 g/mol. The third-order valence-corrected chi connectivity index (χ3v) is 6.19. The lowest BCUT2D eigenvalue weighted by Gasteiger charge is -2.28. The first-order valence-corrected chi connectivity index (χ1v) is 10.5. The summed E-state index contributed by atoms with van der Waals surface area (Å²) in [6.07, 6.45) is 0.335. The van der Waals surface area contributed by atoms with E-state index in [4.69, 9.17) is 0 Å². The van der Waals surface area contributed by atoms with Crippen LogP contribution in [0.5, 0.6) is 0 Å². The maximum absolute atomic E-state index is 12.7. The first kappa shape index (κ1) is 21.0. The second kappa shape index (κ2) is 8.62. The Morgan fingerprint density at radius 2 is 1.74 bits per heavy atom. The van der Waals surface area contributed by atoms with Crippen LogP contribution in [0.1, 0.15) is 23.7 Å². The smallest absolute Gasteiger partial charge is 0.313 e. The van der Waals surface area contributed by atoms with Crippen molar-refractivity contribution in [1.29, 1.82) is 0 Å². The molecule has 1 N–H and O–H groups in total. The van der Waals surface area contributed by atoms with Gasteiger partial charge < -0.3 is 15.1 Å². The van der Waals surface area contributed by atoms with E-state index >= 15 is 0 Å². The lowest BCUT2D eigenvalue weighted by molar-refractivity contribution is -0.144. The molecule has 0 aliphatic carbocycles. The minimum atomic E-state index is -3.18. The molecule has 8 nitrogen and oxygen atoms in total. The number of hydrogen-bond acceptors (Lipinski definition) is 6. The zero-order chi connectivity index (χ0) is 20.2. The lowest BCUT2D eigenvalue weighted by atomic mass is 10.1. The van der Waals surface area contributed by atoms with Crippen molar-refractivity contribution in [3.63, 3.8) is 0 Å². The maximum atomic E-state index is 12.7. The minimum Gasteiger partial charge on any atom is -0.329 e. The molecule has 1 aromatic rings. The van der Waals surface area contributed by atoms with Crippen LogP contribution in [0.25, 0.3) is 0 Å². The van der Waals surface area contributed by atoms with E-state index in [2.05, 4.69) is 5.32 Å². The fourth-order valence-electron chi connectivity index (χ4n) is 2.88. The predicted octanol–water partition coefficient (Wildman–Crippen LogP) is 0.405. The van der Waals surface area contributed by atoms with Gasteiger partial charge in [-0.25, -0.2) is 8.42 Å². The molecule has 0 radical (unpaired) electrons. The number of Topliss-reactive ketones (excluding diaryl/α,β-unsaturated/α-hetero) is 1. The largest absolute Gasteiger partial charge is 0.329 e. The molecular weight excluding hydrogens is 370 g/mol. The number of nitrogens with one attached hydrogen (secondary N) is 1. The number of sulfone groups is 1. The Morgan fingerprint density at radius 1 is 1.11 bits per heavy atom. The first-order chi connectivity index (χ1) is 12.6. The first-order valence-electron chi connectivity index (χ1n) is 8.67. The minimum absolute atomic E-state index is 0.0253. The van der Waals surface area contributed by atoms with Gasteiger partial charge in [0, 0.05) is 30.4 Å². The number of ketones is 1. The number of carbonyl (C=O) groups is 3. The average Bonchev–Trinajstić information content (AvgIpc) is 2.94. The number of rotatable bonds is 6. The zero-order valence-corrected chi connectivity index (χ0v) is 16.6. The molecule has 0 spiro atoms. The molecule has 1 aromatic carbocycles. The lowest BCUT2D eigenvalue weighted by Crippen LogP contribution is -2.48. The molecule has 1 fully saturated rings. The summed E-state index contributed by atoms with van der Waals surface area (Å²) in [5, 5.41) is 2.52. The van der Waals surface area contributed by atoms with E-state index in [0.29, 0.717) is 24.2 Å².